The molecular formula is C12H16BrClN2O. The Labute approximate surface area is 116 Å². The van der Waals surface area contributed by atoms with Gasteiger partial charge >= 0.3 is 0 Å². The van der Waals surface area contributed by atoms with Crippen LogP contribution in [0, 0.1) is 5.92 Å². The summed E-state index contributed by atoms with van der Waals surface area (Å²) in [5.74, 6) is 0.710. The first-order valence-corrected chi connectivity index (χ1v) is 6.26. The highest BCUT2D eigenvalue weighted by molar-refractivity contribution is 9.10. The maximum atomic E-state index is 11.7. The molecule has 0 atom stereocenters. The SMILES string of the molecule is Cl.O=C(Cc1ccccc1Br)NCC1CNC1. The minimum absolute atomic E-state index is 0. The van der Waals surface area contributed by atoms with Gasteiger partial charge < -0.3 is 10.6 Å². The van der Waals surface area contributed by atoms with Crippen LogP contribution < -0.4 is 10.6 Å². The Hall–Kier alpha value is -0.580. The van der Waals surface area contributed by atoms with Crippen molar-refractivity contribution >= 4 is 34.2 Å². The van der Waals surface area contributed by atoms with E-state index in [-0.39, 0.29) is 18.3 Å². The highest BCUT2D eigenvalue weighted by Crippen LogP contribution is 2.16. The number of carbonyl (C=O) groups excluding carboxylic acids is 1. The Balaban J connectivity index is 0.00000144. The molecule has 2 N–H and O–H groups in total. The molecule has 1 aromatic carbocycles. The standard InChI is InChI=1S/C12H15BrN2O.ClH/c13-11-4-2-1-3-10(11)5-12(16)15-8-9-6-14-7-9;/h1-4,9,14H,5-8H2,(H,15,16);1H. The third-order valence-electron chi connectivity index (χ3n) is 2.76. The molecule has 1 amide bonds. The normalized spacial score (nSPS) is 14.6. The largest absolute Gasteiger partial charge is 0.355 e. The number of nitrogens with one attached hydrogen (secondary N) is 2. The van der Waals surface area contributed by atoms with E-state index in [4.69, 9.17) is 0 Å². The Morgan fingerprint density at radius 3 is 2.71 bits per heavy atom. The third-order valence-corrected chi connectivity index (χ3v) is 3.54. The second kappa shape index (κ2) is 6.99. The molecule has 3 nitrogen and oxygen atoms in total. The van der Waals surface area contributed by atoms with Gasteiger partial charge in [-0.25, -0.2) is 0 Å². The van der Waals surface area contributed by atoms with Crippen LogP contribution in [0.4, 0.5) is 0 Å². The molecule has 94 valence electrons. The molecule has 0 spiro atoms. The number of rotatable bonds is 4. The van der Waals surface area contributed by atoms with Crippen LogP contribution in [0.25, 0.3) is 0 Å². The number of halogens is 2. The molecule has 1 saturated heterocycles. The van der Waals surface area contributed by atoms with E-state index in [9.17, 15) is 4.79 Å². The smallest absolute Gasteiger partial charge is 0.224 e. The van der Waals surface area contributed by atoms with E-state index in [1.54, 1.807) is 0 Å². The lowest BCUT2D eigenvalue weighted by Crippen LogP contribution is -2.48. The van der Waals surface area contributed by atoms with Crippen molar-refractivity contribution in [3.05, 3.63) is 34.3 Å². The van der Waals surface area contributed by atoms with E-state index < -0.39 is 0 Å². The molecule has 1 heterocycles. The fraction of sp³-hybridized carbons (Fsp3) is 0.417. The molecule has 0 saturated carbocycles. The van der Waals surface area contributed by atoms with Crippen LogP contribution in [-0.2, 0) is 11.2 Å². The molecule has 5 heteroatoms. The van der Waals surface area contributed by atoms with Crippen LogP contribution in [0.3, 0.4) is 0 Å². The Kier molecular flexibility index (Phi) is 5.95. The Bertz CT molecular complexity index is 383. The van der Waals surface area contributed by atoms with Gasteiger partial charge in [-0.15, -0.1) is 12.4 Å². The van der Waals surface area contributed by atoms with Gasteiger partial charge in [-0.05, 0) is 11.6 Å². The van der Waals surface area contributed by atoms with Crippen LogP contribution in [0.5, 0.6) is 0 Å². The number of amides is 1. The first-order valence-electron chi connectivity index (χ1n) is 5.46. The zero-order chi connectivity index (χ0) is 11.4. The maximum absolute atomic E-state index is 11.7. The summed E-state index contributed by atoms with van der Waals surface area (Å²) in [4.78, 5) is 11.7. The molecule has 0 radical (unpaired) electrons. The molecule has 1 aliphatic rings. The van der Waals surface area contributed by atoms with Crippen LogP contribution in [0.15, 0.2) is 28.7 Å². The zero-order valence-corrected chi connectivity index (χ0v) is 11.8. The molecule has 2 rings (SSSR count). The summed E-state index contributed by atoms with van der Waals surface area (Å²) < 4.78 is 0.996. The van der Waals surface area contributed by atoms with Crippen LogP contribution in [0.2, 0.25) is 0 Å². The zero-order valence-electron chi connectivity index (χ0n) is 9.41. The maximum Gasteiger partial charge on any atom is 0.224 e. The fourth-order valence-corrected chi connectivity index (χ4v) is 2.05. The number of hydrogen-bond acceptors (Lipinski definition) is 2. The number of hydrogen-bond donors (Lipinski definition) is 2. The summed E-state index contributed by atoms with van der Waals surface area (Å²) in [5.41, 5.74) is 1.03. The monoisotopic (exact) mass is 318 g/mol. The summed E-state index contributed by atoms with van der Waals surface area (Å²) in [6.07, 6.45) is 0.446. The van der Waals surface area contributed by atoms with Crippen LogP contribution in [0.1, 0.15) is 5.56 Å². The van der Waals surface area contributed by atoms with Crippen LogP contribution in [-0.4, -0.2) is 25.5 Å². The van der Waals surface area contributed by atoms with E-state index in [1.807, 2.05) is 24.3 Å². The molecule has 1 aliphatic heterocycles. The fourth-order valence-electron chi connectivity index (χ4n) is 1.63. The van der Waals surface area contributed by atoms with Crippen molar-refractivity contribution < 1.29 is 4.79 Å². The summed E-state index contributed by atoms with van der Waals surface area (Å²) in [6, 6.07) is 7.82. The van der Waals surface area contributed by atoms with Gasteiger partial charge in [0.1, 0.15) is 0 Å². The summed E-state index contributed by atoms with van der Waals surface area (Å²) >= 11 is 3.44. The van der Waals surface area contributed by atoms with Crippen molar-refractivity contribution in [3.63, 3.8) is 0 Å². The quantitative estimate of drug-likeness (QED) is 0.888. The highest BCUT2D eigenvalue weighted by atomic mass is 79.9. The van der Waals surface area contributed by atoms with Gasteiger partial charge in [-0.3, -0.25) is 4.79 Å². The minimum Gasteiger partial charge on any atom is -0.355 e. The number of carbonyl (C=O) groups is 1. The third kappa shape index (κ3) is 4.30. The number of benzene rings is 1. The first kappa shape index (κ1) is 14.5. The van der Waals surface area contributed by atoms with Gasteiger partial charge in [0.2, 0.25) is 5.91 Å². The van der Waals surface area contributed by atoms with Crippen molar-refractivity contribution in [1.29, 1.82) is 0 Å². The average molecular weight is 320 g/mol. The van der Waals surface area contributed by atoms with Crippen molar-refractivity contribution in [2.45, 2.75) is 6.42 Å². The molecule has 1 aromatic rings. The topological polar surface area (TPSA) is 41.1 Å². The van der Waals surface area contributed by atoms with E-state index in [0.29, 0.717) is 12.3 Å². The molecule has 1 fully saturated rings. The van der Waals surface area contributed by atoms with Gasteiger partial charge in [-0.2, -0.15) is 0 Å². The minimum atomic E-state index is 0. The average Bonchev–Trinajstić information content (AvgIpc) is 2.19. The molecule has 0 bridgehead atoms. The Morgan fingerprint density at radius 1 is 1.41 bits per heavy atom. The lowest BCUT2D eigenvalue weighted by atomic mass is 10.0. The second-order valence-corrected chi connectivity index (χ2v) is 4.95. The molecular weight excluding hydrogens is 304 g/mol. The van der Waals surface area contributed by atoms with Gasteiger partial charge in [0.05, 0.1) is 6.42 Å². The van der Waals surface area contributed by atoms with Crippen LogP contribution >= 0.6 is 28.3 Å². The first-order chi connectivity index (χ1) is 7.75. The van der Waals surface area contributed by atoms with Gasteiger partial charge in [0.15, 0.2) is 0 Å². The van der Waals surface area contributed by atoms with Crippen molar-refractivity contribution in [1.82, 2.24) is 10.6 Å². The van der Waals surface area contributed by atoms with Gasteiger partial charge in [-0.1, -0.05) is 34.1 Å². The summed E-state index contributed by atoms with van der Waals surface area (Å²) in [6.45, 7) is 2.83. The lowest BCUT2D eigenvalue weighted by molar-refractivity contribution is -0.120. The van der Waals surface area contributed by atoms with Crippen molar-refractivity contribution in [3.8, 4) is 0 Å². The second-order valence-electron chi connectivity index (χ2n) is 4.10. The van der Waals surface area contributed by atoms with Gasteiger partial charge in [0, 0.05) is 30.0 Å². The van der Waals surface area contributed by atoms with E-state index >= 15 is 0 Å². The van der Waals surface area contributed by atoms with E-state index in [1.165, 1.54) is 0 Å². The van der Waals surface area contributed by atoms with E-state index in [0.717, 1.165) is 29.7 Å². The van der Waals surface area contributed by atoms with Crippen molar-refractivity contribution in [2.75, 3.05) is 19.6 Å². The Morgan fingerprint density at radius 2 is 2.12 bits per heavy atom. The molecule has 17 heavy (non-hydrogen) atoms. The highest BCUT2D eigenvalue weighted by Gasteiger charge is 2.17. The predicted molar refractivity (Wildman–Crippen MR) is 74.5 cm³/mol. The lowest BCUT2D eigenvalue weighted by Gasteiger charge is -2.27. The molecule has 0 aliphatic carbocycles. The summed E-state index contributed by atoms with van der Waals surface area (Å²) in [5, 5.41) is 6.15. The van der Waals surface area contributed by atoms with Crippen molar-refractivity contribution in [2.24, 2.45) is 5.92 Å². The molecule has 0 unspecified atom stereocenters. The predicted octanol–water partition coefficient (Wildman–Crippen LogP) is 1.75. The van der Waals surface area contributed by atoms with E-state index in [2.05, 4.69) is 26.6 Å². The van der Waals surface area contributed by atoms with Gasteiger partial charge in [0.25, 0.3) is 0 Å². The molecule has 0 aromatic heterocycles. The summed E-state index contributed by atoms with van der Waals surface area (Å²) in [7, 11) is 0.